The van der Waals surface area contributed by atoms with Crippen LogP contribution in [0.15, 0.2) is 134 Å². The predicted octanol–water partition coefficient (Wildman–Crippen LogP) is 9.33. The van der Waals surface area contributed by atoms with Crippen molar-refractivity contribution in [2.45, 2.75) is 128 Å². The van der Waals surface area contributed by atoms with Gasteiger partial charge in [0, 0.05) is 12.8 Å². The molecule has 62 heavy (non-hydrogen) atoms. The van der Waals surface area contributed by atoms with Gasteiger partial charge in [-0.05, 0) is 77.0 Å². The Morgan fingerprint density at radius 2 is 1.03 bits per heavy atom. The highest BCUT2D eigenvalue weighted by molar-refractivity contribution is 7.47. The lowest BCUT2D eigenvalue weighted by atomic mass is 10.2. The van der Waals surface area contributed by atoms with Crippen molar-refractivity contribution in [3.05, 3.63) is 134 Å². The minimum absolute atomic E-state index is 0.0186. The molecule has 0 fully saturated rings. The number of nitrogens with two attached hydrogens (primary N) is 1. The summed E-state index contributed by atoms with van der Waals surface area (Å²) < 4.78 is 32.5. The molecule has 0 heterocycles. The molecule has 0 saturated carbocycles. The van der Waals surface area contributed by atoms with Gasteiger partial charge in [0.15, 0.2) is 6.10 Å². The summed E-state index contributed by atoms with van der Waals surface area (Å²) in [7, 11) is -4.79. The average Bonchev–Trinajstić information content (AvgIpc) is 3.24. The van der Waals surface area contributed by atoms with E-state index in [4.69, 9.17) is 24.8 Å². The molecule has 1 unspecified atom stereocenters. The maximum atomic E-state index is 12.6. The first-order chi connectivity index (χ1) is 29.9. The van der Waals surface area contributed by atoms with Crippen molar-refractivity contribution < 1.29 is 57.7 Å². The molecule has 0 aliphatic carbocycles. The molecule has 0 rings (SSSR count). The summed E-state index contributed by atoms with van der Waals surface area (Å²) in [6, 6.07) is -1.57. The molecule has 0 aromatic carbocycles. The van der Waals surface area contributed by atoms with Gasteiger partial charge in [0.05, 0.1) is 25.4 Å². The monoisotopic (exact) mass is 885 g/mol. The smallest absolute Gasteiger partial charge is 0.472 e. The summed E-state index contributed by atoms with van der Waals surface area (Å²) >= 11 is 0. The molecule has 0 saturated heterocycles. The van der Waals surface area contributed by atoms with Crippen LogP contribution in [-0.2, 0) is 37.5 Å². The fraction of sp³-hybridized carbons (Fsp3) is 0.479. The van der Waals surface area contributed by atoms with E-state index in [2.05, 4.69) is 60.1 Å². The molecule has 0 aliphatic heterocycles. The summed E-state index contributed by atoms with van der Waals surface area (Å²) in [5.41, 5.74) is 5.31. The van der Waals surface area contributed by atoms with Crippen LogP contribution in [0.5, 0.6) is 0 Å². The van der Waals surface area contributed by atoms with Crippen LogP contribution in [0, 0.1) is 0 Å². The molecule has 0 amide bonds. The molecule has 0 aromatic rings. The molecule has 346 valence electrons. The van der Waals surface area contributed by atoms with E-state index in [0.717, 1.165) is 38.5 Å². The molecule has 0 aromatic heterocycles. The van der Waals surface area contributed by atoms with Gasteiger partial charge in [-0.2, -0.15) is 0 Å². The number of carboxylic acid groups (broad SMARTS) is 1. The highest BCUT2D eigenvalue weighted by Gasteiger charge is 2.28. The Hall–Kier alpha value is -4.46. The number of aliphatic hydroxyl groups excluding tert-OH is 2. The number of carbonyl (C=O) groups excluding carboxylic acids is 2. The van der Waals surface area contributed by atoms with Crippen molar-refractivity contribution in [2.75, 3.05) is 19.8 Å². The van der Waals surface area contributed by atoms with Gasteiger partial charge in [0.25, 0.3) is 0 Å². The van der Waals surface area contributed by atoms with Gasteiger partial charge in [-0.3, -0.25) is 23.4 Å². The highest BCUT2D eigenvalue weighted by atomic mass is 31.2. The van der Waals surface area contributed by atoms with Gasteiger partial charge in [-0.1, -0.05) is 148 Å². The van der Waals surface area contributed by atoms with Crippen LogP contribution in [0.1, 0.15) is 104 Å². The van der Waals surface area contributed by atoms with Crippen LogP contribution in [0.2, 0.25) is 0 Å². The standard InChI is InChI=1S/C48H72NO12P/c1-3-5-7-8-9-10-11-12-13-14-15-16-17-18-19-24-32-38-47(53)61-44(40-59-62(56,57)60-41-45(49)48(54)55)39-58-46(52)37-31-23-21-20-22-28-34-43(51)36-30-26-25-29-35-42(50)33-27-6-4-2/h5-7,9-10,12-13,15-16,18-19,21-23,25-30,35-36,42-45,50-51H,3-4,8,11,14,17,20,24,31-34,37-41,49H2,1-2H3,(H,54,55)(H,56,57)/b7-5-,10-9-,13-12-,16-15-,19-18-,23-21-,26-25-,27-6-,28-22-,35-29+,36-30+/t42-,43+,44-,45+/m1/s1. The Balaban J connectivity index is 4.72. The number of phosphoric acid groups is 1. The Labute approximate surface area is 369 Å². The molecule has 0 spiro atoms. The number of esters is 2. The van der Waals surface area contributed by atoms with Crippen molar-refractivity contribution >= 4 is 25.7 Å². The lowest BCUT2D eigenvalue weighted by Crippen LogP contribution is -2.34. The van der Waals surface area contributed by atoms with Gasteiger partial charge >= 0.3 is 25.7 Å². The number of ether oxygens (including phenoxy) is 2. The van der Waals surface area contributed by atoms with Crippen LogP contribution in [0.25, 0.3) is 0 Å². The Morgan fingerprint density at radius 3 is 1.56 bits per heavy atom. The van der Waals surface area contributed by atoms with Crippen molar-refractivity contribution in [2.24, 2.45) is 5.73 Å². The van der Waals surface area contributed by atoms with Crippen molar-refractivity contribution in [3.63, 3.8) is 0 Å². The second kappa shape index (κ2) is 40.6. The predicted molar refractivity (Wildman–Crippen MR) is 247 cm³/mol. The molecule has 0 radical (unpaired) electrons. The lowest BCUT2D eigenvalue weighted by Gasteiger charge is -2.20. The van der Waals surface area contributed by atoms with E-state index < -0.39 is 69.9 Å². The molecule has 0 aliphatic rings. The van der Waals surface area contributed by atoms with E-state index in [1.54, 1.807) is 42.5 Å². The minimum atomic E-state index is -4.79. The number of rotatable bonds is 37. The lowest BCUT2D eigenvalue weighted by molar-refractivity contribution is -0.161. The molecule has 6 N–H and O–H groups in total. The highest BCUT2D eigenvalue weighted by Crippen LogP contribution is 2.43. The van der Waals surface area contributed by atoms with Crippen LogP contribution in [-0.4, -0.2) is 82.3 Å². The molecular weight excluding hydrogens is 813 g/mol. The average molecular weight is 886 g/mol. The number of carbonyl (C=O) groups is 3. The van der Waals surface area contributed by atoms with E-state index in [-0.39, 0.29) is 12.8 Å². The summed E-state index contributed by atoms with van der Waals surface area (Å²) in [6.45, 7) is 2.23. The zero-order valence-corrected chi connectivity index (χ0v) is 37.5. The van der Waals surface area contributed by atoms with Gasteiger partial charge < -0.3 is 35.4 Å². The molecule has 0 bridgehead atoms. The zero-order chi connectivity index (χ0) is 45.9. The SMILES string of the molecule is CC/C=C\C/C=C\C/C=C\C/C=C\C/C=C\CCCC(=O)O[C@H](COC(=O)CC/C=C\C/C=C\C[C@H](O)/C=C/C=C\C=C\[C@H](O)C/C=C\CC)COP(=O)(O)OC[C@H](N)C(=O)O. The quantitative estimate of drug-likeness (QED) is 0.0130. The van der Waals surface area contributed by atoms with E-state index in [1.807, 2.05) is 49.5 Å². The van der Waals surface area contributed by atoms with E-state index >= 15 is 0 Å². The Kier molecular flexibility index (Phi) is 37.7. The maximum Gasteiger partial charge on any atom is 0.472 e. The molecule has 13 nitrogen and oxygen atoms in total. The van der Waals surface area contributed by atoms with Crippen LogP contribution < -0.4 is 5.73 Å². The number of unbranched alkanes of at least 4 members (excludes halogenated alkanes) is 1. The number of hydrogen-bond acceptors (Lipinski definition) is 11. The van der Waals surface area contributed by atoms with Crippen molar-refractivity contribution in [3.8, 4) is 0 Å². The minimum Gasteiger partial charge on any atom is -0.480 e. The zero-order valence-electron chi connectivity index (χ0n) is 36.6. The fourth-order valence-electron chi connectivity index (χ4n) is 4.71. The summed E-state index contributed by atoms with van der Waals surface area (Å²) in [5, 5.41) is 28.8. The van der Waals surface area contributed by atoms with Gasteiger partial charge in [-0.15, -0.1) is 0 Å². The van der Waals surface area contributed by atoms with E-state index in [9.17, 15) is 34.1 Å². The van der Waals surface area contributed by atoms with E-state index in [0.29, 0.717) is 38.5 Å². The van der Waals surface area contributed by atoms with Gasteiger partial charge in [0.2, 0.25) is 0 Å². The second-order valence-electron chi connectivity index (χ2n) is 13.8. The fourth-order valence-corrected chi connectivity index (χ4v) is 5.49. The number of hydrogen-bond donors (Lipinski definition) is 5. The Morgan fingerprint density at radius 1 is 0.581 bits per heavy atom. The number of allylic oxidation sites excluding steroid dienone is 18. The third-order valence-corrected chi connectivity index (χ3v) is 9.02. The van der Waals surface area contributed by atoms with Crippen molar-refractivity contribution in [1.82, 2.24) is 0 Å². The first-order valence-corrected chi connectivity index (χ1v) is 22.9. The molecular formula is C48H72NO12P. The summed E-state index contributed by atoms with van der Waals surface area (Å²) in [4.78, 5) is 45.9. The second-order valence-corrected chi connectivity index (χ2v) is 15.2. The third kappa shape index (κ3) is 39.7. The van der Waals surface area contributed by atoms with Crippen LogP contribution >= 0.6 is 7.82 Å². The van der Waals surface area contributed by atoms with Gasteiger partial charge in [-0.25, -0.2) is 4.57 Å². The first-order valence-electron chi connectivity index (χ1n) is 21.4. The first kappa shape index (κ1) is 57.5. The van der Waals surface area contributed by atoms with Gasteiger partial charge in [0.1, 0.15) is 12.6 Å². The summed E-state index contributed by atoms with van der Waals surface area (Å²) in [6.07, 6.45) is 48.9. The van der Waals surface area contributed by atoms with Crippen LogP contribution in [0.4, 0.5) is 0 Å². The van der Waals surface area contributed by atoms with E-state index in [1.165, 1.54) is 0 Å². The topological polar surface area (TPSA) is 212 Å². The number of phosphoric ester groups is 1. The summed E-state index contributed by atoms with van der Waals surface area (Å²) in [5.74, 6) is -2.67. The number of aliphatic carboxylic acids is 1. The number of aliphatic hydroxyl groups is 2. The largest absolute Gasteiger partial charge is 0.480 e. The molecule has 14 heteroatoms. The normalized spacial score (nSPS) is 16.0. The Bertz CT molecular complexity index is 1590. The maximum absolute atomic E-state index is 12.6. The van der Waals surface area contributed by atoms with Crippen molar-refractivity contribution in [1.29, 1.82) is 0 Å². The molecule has 5 atom stereocenters. The van der Waals surface area contributed by atoms with Crippen LogP contribution in [0.3, 0.4) is 0 Å². The number of carboxylic acids is 1. The third-order valence-electron chi connectivity index (χ3n) is 8.07.